The number of allylic oxidation sites excluding steroid dienone is 1. The van der Waals surface area contributed by atoms with E-state index in [2.05, 4.69) is 6.07 Å². The second-order valence-electron chi connectivity index (χ2n) is 12.4. The van der Waals surface area contributed by atoms with Crippen LogP contribution < -0.4 is 9.64 Å². The van der Waals surface area contributed by atoms with E-state index in [0.717, 1.165) is 4.90 Å². The van der Waals surface area contributed by atoms with E-state index in [-0.39, 0.29) is 11.1 Å². The van der Waals surface area contributed by atoms with Gasteiger partial charge in [0.15, 0.2) is 5.60 Å². The van der Waals surface area contributed by atoms with Crippen LogP contribution in [0.5, 0.6) is 5.75 Å². The van der Waals surface area contributed by atoms with Crippen LogP contribution in [0.3, 0.4) is 0 Å². The number of nitrogens with zero attached hydrogens (tertiary/aromatic N) is 2. The highest BCUT2D eigenvalue weighted by atomic mass is 16.6. The molecule has 2 aromatic rings. The molecule has 3 fully saturated rings. The van der Waals surface area contributed by atoms with Crippen molar-refractivity contribution in [3.05, 3.63) is 83.0 Å². The summed E-state index contributed by atoms with van der Waals surface area (Å²) in [4.78, 5) is 57.6. The predicted octanol–water partition coefficient (Wildman–Crippen LogP) is 3.16. The fraction of sp³-hybridized carbons (Fsp3) is 0.364. The summed E-state index contributed by atoms with van der Waals surface area (Å²) in [5.74, 6) is -4.61. The monoisotopic (exact) mass is 580 g/mol. The van der Waals surface area contributed by atoms with Crippen LogP contribution in [0.2, 0.25) is 0 Å². The number of anilines is 1. The number of amides is 2. The first-order chi connectivity index (χ1) is 20.5. The van der Waals surface area contributed by atoms with E-state index >= 15 is 0 Å². The molecular weight excluding hydrogens is 552 g/mol. The molecule has 5 aliphatic rings. The maximum absolute atomic E-state index is 14.6. The number of methoxy groups -OCH3 is 2. The van der Waals surface area contributed by atoms with Crippen LogP contribution in [-0.4, -0.2) is 55.3 Å². The number of benzene rings is 2. The van der Waals surface area contributed by atoms with Gasteiger partial charge < -0.3 is 18.9 Å². The van der Waals surface area contributed by atoms with Crippen LogP contribution in [0.15, 0.2) is 77.4 Å². The Balaban J connectivity index is 1.63. The van der Waals surface area contributed by atoms with Gasteiger partial charge in [0.1, 0.15) is 16.8 Å². The van der Waals surface area contributed by atoms with Gasteiger partial charge in [0, 0.05) is 11.6 Å². The lowest BCUT2D eigenvalue weighted by atomic mass is 9.38. The molecule has 3 saturated heterocycles. The van der Waals surface area contributed by atoms with Gasteiger partial charge in [0.25, 0.3) is 0 Å². The zero-order valence-electron chi connectivity index (χ0n) is 24.2. The third-order valence-electron chi connectivity index (χ3n) is 9.72. The van der Waals surface area contributed by atoms with Crippen molar-refractivity contribution in [3.8, 4) is 11.8 Å². The number of carbonyl (C=O) groups excluding carboxylic acids is 4. The van der Waals surface area contributed by atoms with Crippen LogP contribution in [0.1, 0.15) is 26.3 Å². The molecule has 0 aromatic heterocycles. The molecule has 7 rings (SSSR count). The lowest BCUT2D eigenvalue weighted by molar-refractivity contribution is -0.155. The summed E-state index contributed by atoms with van der Waals surface area (Å²) in [5.41, 5.74) is -4.96. The van der Waals surface area contributed by atoms with E-state index in [1.54, 1.807) is 54.6 Å². The van der Waals surface area contributed by atoms with Crippen molar-refractivity contribution in [2.75, 3.05) is 19.1 Å². The molecule has 4 heterocycles. The average molecular weight is 581 g/mol. The highest BCUT2D eigenvalue weighted by Gasteiger charge is 2.98. The third-order valence-corrected chi connectivity index (χ3v) is 9.72. The van der Waals surface area contributed by atoms with Crippen molar-refractivity contribution < 1.29 is 38.1 Å². The maximum Gasteiger partial charge on any atom is 0.338 e. The Morgan fingerprint density at radius 3 is 2.21 bits per heavy atom. The van der Waals surface area contributed by atoms with Crippen molar-refractivity contribution in [1.29, 1.82) is 5.26 Å². The highest BCUT2D eigenvalue weighted by molar-refractivity contribution is 6.25. The molecule has 2 bridgehead atoms. The summed E-state index contributed by atoms with van der Waals surface area (Å²) in [6.07, 6.45) is 0.183. The van der Waals surface area contributed by atoms with Gasteiger partial charge in [-0.1, -0.05) is 57.2 Å². The Morgan fingerprint density at radius 1 is 0.953 bits per heavy atom. The normalized spacial score (nSPS) is 33.2. The fourth-order valence-corrected chi connectivity index (χ4v) is 8.58. The predicted molar refractivity (Wildman–Crippen MR) is 149 cm³/mol. The lowest BCUT2D eigenvalue weighted by Crippen LogP contribution is -2.79. The van der Waals surface area contributed by atoms with Crippen molar-refractivity contribution in [2.45, 2.75) is 43.5 Å². The maximum atomic E-state index is 14.6. The number of hydrogen-bond donors (Lipinski definition) is 0. The first-order valence-corrected chi connectivity index (χ1v) is 13.9. The SMILES string of the molecule is COC(=O)C1=C(C(=O)OC)[C@@]23c4ccccc4O[C@@]12[C@@]1(/C(=C\C#N)C(C)(C)C)O[C@@H]3[C@@H]2C(=O)N(c3ccccc3)C(=O)[C@@H]21. The molecule has 2 aromatic carbocycles. The topological polar surface area (TPSA) is 132 Å². The number of rotatable bonds is 4. The molecule has 10 heteroatoms. The van der Waals surface area contributed by atoms with E-state index < -0.39 is 63.7 Å². The van der Waals surface area contributed by atoms with Gasteiger partial charge >= 0.3 is 11.9 Å². The minimum atomic E-state index is -1.85. The number of esters is 2. The molecule has 2 amide bonds. The second-order valence-corrected chi connectivity index (χ2v) is 12.4. The molecule has 4 aliphatic heterocycles. The van der Waals surface area contributed by atoms with Crippen LogP contribution in [0, 0.1) is 28.6 Å². The van der Waals surface area contributed by atoms with Crippen molar-refractivity contribution in [2.24, 2.45) is 17.3 Å². The zero-order chi connectivity index (χ0) is 30.7. The number of fused-ring (bicyclic) bond motifs is 6. The fourth-order valence-electron chi connectivity index (χ4n) is 8.58. The van der Waals surface area contributed by atoms with E-state index in [1.165, 1.54) is 20.3 Å². The van der Waals surface area contributed by atoms with Gasteiger partial charge in [-0.3, -0.25) is 9.59 Å². The van der Waals surface area contributed by atoms with Crippen LogP contribution in [0.25, 0.3) is 0 Å². The number of para-hydroxylation sites is 2. The molecule has 6 atom stereocenters. The zero-order valence-corrected chi connectivity index (χ0v) is 24.2. The van der Waals surface area contributed by atoms with Gasteiger partial charge in [0.05, 0.1) is 55.1 Å². The minimum Gasteiger partial charge on any atom is -0.477 e. The molecule has 0 saturated carbocycles. The Hall–Kier alpha value is -4.75. The highest BCUT2D eigenvalue weighted by Crippen LogP contribution is 2.82. The van der Waals surface area contributed by atoms with Crippen molar-refractivity contribution >= 4 is 29.4 Å². The average Bonchev–Trinajstić information content (AvgIpc) is 3.61. The Bertz CT molecular complexity index is 1760. The summed E-state index contributed by atoms with van der Waals surface area (Å²) in [7, 11) is 2.39. The van der Waals surface area contributed by atoms with Crippen LogP contribution in [-0.2, 0) is 38.8 Å². The molecule has 1 aliphatic carbocycles. The number of imide groups is 1. The Labute approximate surface area is 247 Å². The molecule has 43 heavy (non-hydrogen) atoms. The summed E-state index contributed by atoms with van der Waals surface area (Å²) < 4.78 is 24.3. The summed E-state index contributed by atoms with van der Waals surface area (Å²) in [5, 5.41) is 10.1. The molecule has 218 valence electrons. The lowest BCUT2D eigenvalue weighted by Gasteiger charge is -2.60. The van der Waals surface area contributed by atoms with Gasteiger partial charge in [-0.25, -0.2) is 14.5 Å². The summed E-state index contributed by atoms with van der Waals surface area (Å²) in [6.45, 7) is 5.56. The minimum absolute atomic E-state index is 0.0410. The Kier molecular flexibility index (Phi) is 5.31. The van der Waals surface area contributed by atoms with Crippen LogP contribution in [0.4, 0.5) is 5.69 Å². The summed E-state index contributed by atoms with van der Waals surface area (Å²) >= 11 is 0. The van der Waals surface area contributed by atoms with E-state index in [4.69, 9.17) is 18.9 Å². The molecule has 0 radical (unpaired) electrons. The standard InChI is InChI=1S/C33H28N2O8/c1-30(2,3)20(15-16-34)32-22-21(26(36)35(27(22)37)17-11-7-6-8-12-17)25(43-32)31-18-13-9-10-14-19(18)42-33(31,32)24(29(39)41-5)23(31)28(38)40-4/h6-15,21-22,25H,1-5H3/b20-15-/t21-,22-,25-,31-,32+,33+/m1/s1. The van der Waals surface area contributed by atoms with Gasteiger partial charge in [0.2, 0.25) is 11.8 Å². The number of carbonyl (C=O) groups is 4. The van der Waals surface area contributed by atoms with Crippen molar-refractivity contribution in [1.82, 2.24) is 0 Å². The molecular formula is C33H28N2O8. The van der Waals surface area contributed by atoms with Crippen molar-refractivity contribution in [3.63, 3.8) is 0 Å². The van der Waals surface area contributed by atoms with E-state index in [0.29, 0.717) is 22.6 Å². The quantitative estimate of drug-likeness (QED) is 0.304. The number of hydrogen-bond acceptors (Lipinski definition) is 9. The molecule has 10 nitrogen and oxygen atoms in total. The van der Waals surface area contributed by atoms with E-state index in [1.807, 2.05) is 20.8 Å². The first kappa shape index (κ1) is 27.1. The number of ether oxygens (including phenoxy) is 4. The molecule has 0 spiro atoms. The summed E-state index contributed by atoms with van der Waals surface area (Å²) in [6, 6.07) is 17.7. The van der Waals surface area contributed by atoms with Gasteiger partial charge in [-0.15, -0.1) is 0 Å². The third kappa shape index (κ3) is 2.69. The Morgan fingerprint density at radius 2 is 1.58 bits per heavy atom. The van der Waals surface area contributed by atoms with Crippen LogP contribution >= 0.6 is 0 Å². The number of nitriles is 1. The first-order valence-electron chi connectivity index (χ1n) is 13.9. The molecule has 0 N–H and O–H groups in total. The van der Waals surface area contributed by atoms with Gasteiger partial charge in [-0.2, -0.15) is 5.26 Å². The van der Waals surface area contributed by atoms with E-state index in [9.17, 15) is 24.4 Å². The van der Waals surface area contributed by atoms with Gasteiger partial charge in [-0.05, 0) is 29.2 Å². The second kappa shape index (κ2) is 8.42. The largest absolute Gasteiger partial charge is 0.477 e. The smallest absolute Gasteiger partial charge is 0.338 e. The molecule has 0 unspecified atom stereocenters.